The lowest BCUT2D eigenvalue weighted by atomic mass is 10.0. The van der Waals surface area contributed by atoms with Crippen LogP contribution in [-0.4, -0.2) is 65.2 Å². The quantitative estimate of drug-likeness (QED) is 0.641. The molecular weight excluding hydrogens is 422 g/mol. The Bertz CT molecular complexity index is 1040. The van der Waals surface area contributed by atoms with Crippen LogP contribution < -0.4 is 20.3 Å². The van der Waals surface area contributed by atoms with Crippen LogP contribution in [0.25, 0.3) is 11.4 Å². The van der Waals surface area contributed by atoms with Crippen LogP contribution in [-0.2, 0) is 11.2 Å². The molecule has 3 aliphatic heterocycles. The minimum Gasteiger partial charge on any atom is -0.471 e. The second-order valence-electron chi connectivity index (χ2n) is 9.45. The van der Waals surface area contributed by atoms with Gasteiger partial charge in [-0.25, -0.2) is 9.78 Å². The highest BCUT2D eigenvalue weighted by Gasteiger charge is 2.49. The highest BCUT2D eigenvalue weighted by Crippen LogP contribution is 2.50. The van der Waals surface area contributed by atoms with Crippen molar-refractivity contribution < 1.29 is 19.4 Å². The Balaban J connectivity index is 1.32. The van der Waals surface area contributed by atoms with E-state index in [1.165, 1.54) is 0 Å². The van der Waals surface area contributed by atoms with Crippen molar-refractivity contribution in [3.8, 4) is 17.3 Å². The van der Waals surface area contributed by atoms with Crippen molar-refractivity contribution >= 4 is 17.5 Å². The average molecular weight is 452 g/mol. The van der Waals surface area contributed by atoms with Crippen LogP contribution in [0.4, 0.5) is 16.3 Å². The van der Waals surface area contributed by atoms with Crippen molar-refractivity contribution in [1.82, 2.24) is 15.3 Å². The topological polar surface area (TPSA) is 109 Å². The Morgan fingerprint density at radius 2 is 1.88 bits per heavy atom. The molecule has 3 fully saturated rings. The summed E-state index contributed by atoms with van der Waals surface area (Å²) in [5.41, 5.74) is 2.65. The molecule has 33 heavy (non-hydrogen) atoms. The highest BCUT2D eigenvalue weighted by atomic mass is 16.5. The van der Waals surface area contributed by atoms with E-state index in [9.17, 15) is 4.79 Å². The lowest BCUT2D eigenvalue weighted by Gasteiger charge is -2.38. The van der Waals surface area contributed by atoms with Crippen LogP contribution in [0.5, 0.6) is 5.88 Å². The fourth-order valence-electron chi connectivity index (χ4n) is 5.22. The molecule has 2 bridgehead atoms. The van der Waals surface area contributed by atoms with Gasteiger partial charge < -0.3 is 30.1 Å². The van der Waals surface area contributed by atoms with Crippen molar-refractivity contribution in [2.75, 3.05) is 36.6 Å². The van der Waals surface area contributed by atoms with E-state index in [4.69, 9.17) is 24.5 Å². The first-order valence-electron chi connectivity index (χ1n) is 11.9. The predicted molar refractivity (Wildman–Crippen MR) is 123 cm³/mol. The fraction of sp³-hybridized carbons (Fsp3) is 0.542. The number of aliphatic hydroxyl groups is 1. The SMILES string of the molecule is O=C(NCCO)Nc1ccc(-c2nc3c(c(N4[C@@H]5CC[C@H]4COC5)n2)CCC2(CC2)O3)cc1. The number of amides is 2. The molecule has 2 aromatic rings. The summed E-state index contributed by atoms with van der Waals surface area (Å²) in [6.07, 6.45) is 6.44. The summed E-state index contributed by atoms with van der Waals surface area (Å²) in [4.78, 5) is 24.2. The normalized spacial score (nSPS) is 24.2. The van der Waals surface area contributed by atoms with Crippen molar-refractivity contribution in [2.45, 2.75) is 56.2 Å². The molecule has 1 aliphatic carbocycles. The number of aliphatic hydroxyl groups excluding tert-OH is 1. The first kappa shape index (κ1) is 20.7. The molecule has 0 radical (unpaired) electrons. The highest BCUT2D eigenvalue weighted by molar-refractivity contribution is 5.89. The maximum absolute atomic E-state index is 11.9. The third-order valence-electron chi connectivity index (χ3n) is 7.18. The summed E-state index contributed by atoms with van der Waals surface area (Å²) in [6.45, 7) is 1.60. The standard InChI is InChI=1S/C24H29N5O4/c30-12-11-25-23(31)26-16-3-1-15(2-4-16)20-27-21(29-17-5-6-18(29)14-32-13-17)19-7-8-24(9-10-24)33-22(19)28-20/h1-4,17-18,30H,5-14H2,(H2,25,26,31)/t17-,18+. The van der Waals surface area contributed by atoms with Crippen LogP contribution in [0.1, 0.15) is 37.7 Å². The molecule has 4 aliphatic rings. The first-order chi connectivity index (χ1) is 16.1. The molecule has 9 nitrogen and oxygen atoms in total. The second kappa shape index (κ2) is 8.14. The van der Waals surface area contributed by atoms with E-state index in [0.717, 1.165) is 74.6 Å². The maximum atomic E-state index is 11.9. The van der Waals surface area contributed by atoms with Gasteiger partial charge in [0.2, 0.25) is 5.88 Å². The minimum atomic E-state index is -0.352. The molecule has 1 aromatic carbocycles. The third kappa shape index (κ3) is 3.89. The lowest BCUT2D eigenvalue weighted by Crippen LogP contribution is -2.47. The predicted octanol–water partition coefficient (Wildman–Crippen LogP) is 2.48. The number of aromatic nitrogens is 2. The number of nitrogens with one attached hydrogen (secondary N) is 2. The number of morpholine rings is 1. The lowest BCUT2D eigenvalue weighted by molar-refractivity contribution is 0.0896. The van der Waals surface area contributed by atoms with Gasteiger partial charge in [0, 0.05) is 17.8 Å². The number of urea groups is 1. The van der Waals surface area contributed by atoms with E-state index >= 15 is 0 Å². The van der Waals surface area contributed by atoms with E-state index in [1.54, 1.807) is 0 Å². The van der Waals surface area contributed by atoms with Crippen molar-refractivity contribution in [3.63, 3.8) is 0 Å². The fourth-order valence-corrected chi connectivity index (χ4v) is 5.22. The van der Waals surface area contributed by atoms with Gasteiger partial charge in [-0.3, -0.25) is 0 Å². The first-order valence-corrected chi connectivity index (χ1v) is 11.9. The molecular formula is C24H29N5O4. The van der Waals surface area contributed by atoms with Gasteiger partial charge in [0.05, 0.1) is 37.5 Å². The molecule has 4 heterocycles. The minimum absolute atomic E-state index is 0.0183. The number of nitrogens with zero attached hydrogens (tertiary/aromatic N) is 3. The summed E-state index contributed by atoms with van der Waals surface area (Å²) >= 11 is 0. The number of anilines is 2. The van der Waals surface area contributed by atoms with Gasteiger partial charge in [-0.05, 0) is 62.8 Å². The van der Waals surface area contributed by atoms with E-state index in [1.807, 2.05) is 24.3 Å². The van der Waals surface area contributed by atoms with E-state index in [2.05, 4.69) is 15.5 Å². The van der Waals surface area contributed by atoms with Gasteiger partial charge in [0.25, 0.3) is 0 Å². The van der Waals surface area contributed by atoms with E-state index in [0.29, 0.717) is 23.6 Å². The Kier molecular flexibility index (Phi) is 5.10. The number of hydrogen-bond donors (Lipinski definition) is 3. The van der Waals surface area contributed by atoms with E-state index < -0.39 is 0 Å². The Hall–Kier alpha value is -2.91. The third-order valence-corrected chi connectivity index (χ3v) is 7.18. The van der Waals surface area contributed by atoms with Crippen LogP contribution in [0.2, 0.25) is 0 Å². The number of hydrogen-bond acceptors (Lipinski definition) is 7. The molecule has 0 unspecified atom stereocenters. The second-order valence-corrected chi connectivity index (χ2v) is 9.45. The Morgan fingerprint density at radius 3 is 2.58 bits per heavy atom. The van der Waals surface area contributed by atoms with Gasteiger partial charge >= 0.3 is 6.03 Å². The smallest absolute Gasteiger partial charge is 0.319 e. The van der Waals surface area contributed by atoms with Gasteiger partial charge in [0.15, 0.2) is 5.82 Å². The molecule has 6 rings (SSSR count). The largest absolute Gasteiger partial charge is 0.471 e. The molecule has 9 heteroatoms. The van der Waals surface area contributed by atoms with Gasteiger partial charge in [-0.15, -0.1) is 0 Å². The molecule has 1 spiro atoms. The van der Waals surface area contributed by atoms with Gasteiger partial charge in [0.1, 0.15) is 11.4 Å². The molecule has 1 aromatic heterocycles. The number of fused-ring (bicyclic) bond motifs is 3. The summed E-state index contributed by atoms with van der Waals surface area (Å²) in [5, 5.41) is 14.2. The van der Waals surface area contributed by atoms with Crippen LogP contribution in [0.3, 0.4) is 0 Å². The van der Waals surface area contributed by atoms with Crippen LogP contribution >= 0.6 is 0 Å². The van der Waals surface area contributed by atoms with Crippen molar-refractivity contribution in [2.24, 2.45) is 0 Å². The van der Waals surface area contributed by atoms with Gasteiger partial charge in [-0.1, -0.05) is 0 Å². The Labute approximate surface area is 192 Å². The summed E-state index contributed by atoms with van der Waals surface area (Å²) in [7, 11) is 0. The summed E-state index contributed by atoms with van der Waals surface area (Å²) < 4.78 is 12.2. The summed E-state index contributed by atoms with van der Waals surface area (Å²) in [6, 6.07) is 7.85. The zero-order chi connectivity index (χ0) is 22.4. The van der Waals surface area contributed by atoms with Crippen molar-refractivity contribution in [1.29, 1.82) is 0 Å². The number of carbonyl (C=O) groups excluding carboxylic acids is 1. The molecule has 2 atom stereocenters. The number of rotatable bonds is 5. The molecule has 174 valence electrons. The zero-order valence-corrected chi connectivity index (χ0v) is 18.5. The van der Waals surface area contributed by atoms with Crippen LogP contribution in [0, 0.1) is 0 Å². The molecule has 2 amide bonds. The number of ether oxygens (including phenoxy) is 2. The average Bonchev–Trinajstić information content (AvgIpc) is 3.53. The van der Waals surface area contributed by atoms with Crippen molar-refractivity contribution in [3.05, 3.63) is 29.8 Å². The molecule has 2 saturated heterocycles. The van der Waals surface area contributed by atoms with Gasteiger partial charge in [-0.2, -0.15) is 4.98 Å². The molecule has 1 saturated carbocycles. The Morgan fingerprint density at radius 1 is 1.12 bits per heavy atom. The summed E-state index contributed by atoms with van der Waals surface area (Å²) in [5.74, 6) is 2.38. The van der Waals surface area contributed by atoms with Crippen LogP contribution in [0.15, 0.2) is 24.3 Å². The van der Waals surface area contributed by atoms with E-state index in [-0.39, 0.29) is 24.8 Å². The number of benzene rings is 1. The monoisotopic (exact) mass is 451 g/mol. The maximum Gasteiger partial charge on any atom is 0.319 e. The molecule has 3 N–H and O–H groups in total. The zero-order valence-electron chi connectivity index (χ0n) is 18.5. The number of carbonyl (C=O) groups is 1.